The van der Waals surface area contributed by atoms with E-state index in [1.54, 1.807) is 0 Å². The first-order valence-corrected chi connectivity index (χ1v) is 19.8. The monoisotopic (exact) mass is 695 g/mol. The Bertz CT molecular complexity index is 1490. The standard InChI is InChI=1S/C32H36F3NOSe2Si/c1-19-9-11-23(12-10-19)31-36-21(3)30(39-31)28(18-22-16-25(33)29(35)26(34)17-22)38-24-13-14-27(20(2)15-24)37-40(7,8)32(4,5)6/h9-17,28H,18H2,1-8H3. The van der Waals surface area contributed by atoms with Crippen molar-refractivity contribution >= 4 is 42.2 Å². The Morgan fingerprint density at radius 2 is 1.55 bits per heavy atom. The summed E-state index contributed by atoms with van der Waals surface area (Å²) in [5, 5.41) is 0.0938. The van der Waals surface area contributed by atoms with Gasteiger partial charge in [0.05, 0.1) is 0 Å². The first kappa shape index (κ1) is 30.9. The van der Waals surface area contributed by atoms with Gasteiger partial charge in [0.1, 0.15) is 0 Å². The molecule has 0 aliphatic rings. The van der Waals surface area contributed by atoms with Crippen LogP contribution in [0.4, 0.5) is 13.2 Å². The SMILES string of the molecule is Cc1ccc(-c2nc(C)c(C(Cc3cc(F)c(F)c(F)c3)[Se]c3ccc(O[Si](C)(C)C(C)(C)C)c(C)c3)[se]2)cc1. The Morgan fingerprint density at radius 3 is 2.12 bits per heavy atom. The van der Waals surface area contributed by atoms with Crippen LogP contribution in [0.15, 0.2) is 54.6 Å². The molecule has 0 radical (unpaired) electrons. The van der Waals surface area contributed by atoms with Gasteiger partial charge in [-0.3, -0.25) is 0 Å². The molecule has 1 aromatic heterocycles. The Morgan fingerprint density at radius 1 is 0.925 bits per heavy atom. The van der Waals surface area contributed by atoms with Gasteiger partial charge in [-0.05, 0) is 0 Å². The maximum absolute atomic E-state index is 14.2. The van der Waals surface area contributed by atoms with Crippen LogP contribution in [0.5, 0.6) is 5.75 Å². The van der Waals surface area contributed by atoms with Crippen LogP contribution >= 0.6 is 0 Å². The van der Waals surface area contributed by atoms with Crippen molar-refractivity contribution in [1.82, 2.24) is 4.98 Å². The summed E-state index contributed by atoms with van der Waals surface area (Å²) < 4.78 is 52.1. The maximum atomic E-state index is 14.2. The minimum absolute atomic E-state index is 0.0232. The van der Waals surface area contributed by atoms with Crippen LogP contribution in [0.1, 0.15) is 52.4 Å². The molecule has 0 bridgehead atoms. The number of halogens is 3. The fourth-order valence-corrected chi connectivity index (χ4v) is 11.1. The topological polar surface area (TPSA) is 22.1 Å². The van der Waals surface area contributed by atoms with Gasteiger partial charge in [-0.15, -0.1) is 0 Å². The van der Waals surface area contributed by atoms with Gasteiger partial charge in [-0.1, -0.05) is 0 Å². The summed E-state index contributed by atoms with van der Waals surface area (Å²) in [6, 6.07) is 17.0. The summed E-state index contributed by atoms with van der Waals surface area (Å²) in [5.41, 5.74) is 4.81. The number of nitrogens with zero attached hydrogens (tertiary/aromatic N) is 1. The predicted octanol–water partition coefficient (Wildman–Crippen LogP) is 7.85. The predicted molar refractivity (Wildman–Crippen MR) is 163 cm³/mol. The molecule has 1 unspecified atom stereocenters. The molecule has 40 heavy (non-hydrogen) atoms. The van der Waals surface area contributed by atoms with E-state index < -0.39 is 25.8 Å². The summed E-state index contributed by atoms with van der Waals surface area (Å²) >= 11 is -0.0818. The number of hydrogen-bond donors (Lipinski definition) is 0. The summed E-state index contributed by atoms with van der Waals surface area (Å²) in [6.07, 6.45) is 0.417. The van der Waals surface area contributed by atoms with E-state index in [1.165, 1.54) is 14.5 Å². The Hall–Kier alpha value is -2.08. The molecule has 3 aromatic carbocycles. The van der Waals surface area contributed by atoms with E-state index in [1.807, 2.05) is 6.92 Å². The third-order valence-corrected chi connectivity index (χ3v) is 17.9. The van der Waals surface area contributed by atoms with E-state index in [-0.39, 0.29) is 39.3 Å². The van der Waals surface area contributed by atoms with Gasteiger partial charge in [0, 0.05) is 0 Å². The molecule has 0 saturated carbocycles. The molecule has 1 heterocycles. The quantitative estimate of drug-likeness (QED) is 0.139. The Balaban J connectivity index is 1.69. The molecule has 212 valence electrons. The number of hydrogen-bond acceptors (Lipinski definition) is 2. The average molecular weight is 694 g/mol. The van der Waals surface area contributed by atoms with Gasteiger partial charge in [0.25, 0.3) is 0 Å². The minimum atomic E-state index is -1.98. The molecule has 4 aromatic rings. The fourth-order valence-electron chi connectivity index (χ4n) is 4.06. The third kappa shape index (κ3) is 7.03. The van der Waals surface area contributed by atoms with Crippen molar-refractivity contribution in [2.24, 2.45) is 0 Å². The second-order valence-corrected chi connectivity index (χ2v) is 21.4. The summed E-state index contributed by atoms with van der Waals surface area (Å²) in [4.78, 5) is 4.95. The zero-order valence-electron chi connectivity index (χ0n) is 24.3. The summed E-state index contributed by atoms with van der Waals surface area (Å²) in [5.74, 6) is -2.81. The Labute approximate surface area is 249 Å². The van der Waals surface area contributed by atoms with Gasteiger partial charge in [0.2, 0.25) is 0 Å². The molecule has 0 spiro atoms. The molecule has 2 nitrogen and oxygen atoms in total. The van der Waals surface area contributed by atoms with Gasteiger partial charge in [-0.25, -0.2) is 0 Å². The molecule has 0 saturated heterocycles. The van der Waals surface area contributed by atoms with Crippen LogP contribution in [-0.2, 0) is 6.42 Å². The molecule has 0 amide bonds. The number of benzene rings is 3. The molecule has 0 aliphatic heterocycles. The molecule has 1 atom stereocenters. The van der Waals surface area contributed by atoms with Crippen molar-refractivity contribution in [2.45, 2.75) is 70.9 Å². The molecule has 8 heteroatoms. The molecule has 0 aliphatic carbocycles. The van der Waals surface area contributed by atoms with Crippen LogP contribution in [0.3, 0.4) is 0 Å². The van der Waals surface area contributed by atoms with Crippen LogP contribution in [-0.4, -0.2) is 42.8 Å². The Kier molecular flexibility index (Phi) is 9.28. The van der Waals surface area contributed by atoms with Crippen molar-refractivity contribution in [2.75, 3.05) is 0 Å². The van der Waals surface area contributed by atoms with Crippen molar-refractivity contribution in [3.63, 3.8) is 0 Å². The second kappa shape index (κ2) is 12.0. The summed E-state index contributed by atoms with van der Waals surface area (Å²) in [7, 11) is -1.98. The van der Waals surface area contributed by atoms with E-state index in [2.05, 4.69) is 90.2 Å². The van der Waals surface area contributed by atoms with Gasteiger partial charge in [0.15, 0.2) is 0 Å². The molecule has 0 N–H and O–H groups in total. The first-order valence-electron chi connectivity index (χ1n) is 13.3. The van der Waals surface area contributed by atoms with Crippen molar-refractivity contribution in [3.8, 4) is 15.9 Å². The average Bonchev–Trinajstić information content (AvgIpc) is 3.25. The van der Waals surface area contributed by atoms with Crippen molar-refractivity contribution < 1.29 is 17.6 Å². The van der Waals surface area contributed by atoms with Crippen molar-refractivity contribution in [3.05, 3.63) is 98.9 Å². The van der Waals surface area contributed by atoms with Gasteiger partial charge < -0.3 is 0 Å². The van der Waals surface area contributed by atoms with Crippen LogP contribution in [0, 0.1) is 38.2 Å². The normalized spacial score (nSPS) is 13.0. The summed E-state index contributed by atoms with van der Waals surface area (Å²) in [6.45, 7) is 17.3. The number of rotatable bonds is 8. The zero-order valence-corrected chi connectivity index (χ0v) is 28.7. The second-order valence-electron chi connectivity index (χ2n) is 11.8. The van der Waals surface area contributed by atoms with Crippen LogP contribution in [0.2, 0.25) is 18.1 Å². The first-order chi connectivity index (χ1) is 18.6. The molecular weight excluding hydrogens is 657 g/mol. The van der Waals surface area contributed by atoms with E-state index in [4.69, 9.17) is 9.41 Å². The zero-order chi connectivity index (χ0) is 29.4. The van der Waals surface area contributed by atoms with Crippen LogP contribution < -0.4 is 8.89 Å². The van der Waals surface area contributed by atoms with Crippen molar-refractivity contribution in [1.29, 1.82) is 0 Å². The fraction of sp³-hybridized carbons (Fsp3) is 0.344. The van der Waals surface area contributed by atoms with E-state index >= 15 is 0 Å². The van der Waals surface area contributed by atoms with E-state index in [9.17, 15) is 13.2 Å². The third-order valence-electron chi connectivity index (χ3n) is 7.48. The molecule has 4 rings (SSSR count). The van der Waals surface area contributed by atoms with E-state index in [0.29, 0.717) is 12.0 Å². The van der Waals surface area contributed by atoms with Crippen LogP contribution in [0.25, 0.3) is 10.1 Å². The van der Waals surface area contributed by atoms with Gasteiger partial charge in [-0.2, -0.15) is 0 Å². The molecule has 0 fully saturated rings. The van der Waals surface area contributed by atoms with E-state index in [0.717, 1.165) is 39.3 Å². The number of aryl methyl sites for hydroxylation is 3. The molecular formula is C32H36F3NOSe2Si. The number of aromatic nitrogens is 1. The van der Waals surface area contributed by atoms with Gasteiger partial charge >= 0.3 is 250 Å².